The van der Waals surface area contributed by atoms with Gasteiger partial charge in [-0.1, -0.05) is 0 Å². The van der Waals surface area contributed by atoms with Crippen LogP contribution in [0.5, 0.6) is 0 Å². The summed E-state index contributed by atoms with van der Waals surface area (Å²) in [6, 6.07) is 2.45. The molecule has 1 aliphatic rings. The molecular formula is C13H18FN3O2. The van der Waals surface area contributed by atoms with Gasteiger partial charge in [0.2, 0.25) is 0 Å². The first-order valence-electron chi connectivity index (χ1n) is 6.36. The standard InChI is InChI=1S/C13H18FN3O2/c1-17(8-10-3-2-6-19-9-10)13(18)16-12-5-4-11(14)7-15-12/h4-5,7,10H,2-3,6,8-9H2,1H3,(H,15,16,18)/t10-/m0/s1. The summed E-state index contributed by atoms with van der Waals surface area (Å²) in [5, 5.41) is 2.63. The summed E-state index contributed by atoms with van der Waals surface area (Å²) in [4.78, 5) is 17.3. The highest BCUT2D eigenvalue weighted by Gasteiger charge is 2.18. The summed E-state index contributed by atoms with van der Waals surface area (Å²) in [6.07, 6.45) is 3.19. The fourth-order valence-corrected chi connectivity index (χ4v) is 2.08. The van der Waals surface area contributed by atoms with E-state index in [-0.39, 0.29) is 6.03 Å². The van der Waals surface area contributed by atoms with Crippen LogP contribution in [0, 0.1) is 11.7 Å². The Morgan fingerprint density at radius 1 is 1.63 bits per heavy atom. The third kappa shape index (κ3) is 4.17. The number of carbonyl (C=O) groups excluding carboxylic acids is 1. The number of nitrogens with one attached hydrogen (secondary N) is 1. The molecule has 0 aliphatic carbocycles. The predicted molar refractivity (Wildman–Crippen MR) is 69.4 cm³/mol. The number of halogens is 1. The maximum Gasteiger partial charge on any atom is 0.322 e. The van der Waals surface area contributed by atoms with Crippen molar-refractivity contribution in [2.75, 3.05) is 32.1 Å². The Labute approximate surface area is 111 Å². The third-order valence-corrected chi connectivity index (χ3v) is 3.10. The third-order valence-electron chi connectivity index (χ3n) is 3.10. The summed E-state index contributed by atoms with van der Waals surface area (Å²) >= 11 is 0. The highest BCUT2D eigenvalue weighted by Crippen LogP contribution is 2.15. The van der Waals surface area contributed by atoms with Crippen LogP contribution >= 0.6 is 0 Å². The number of hydrogen-bond acceptors (Lipinski definition) is 3. The molecule has 0 aromatic carbocycles. The first-order valence-corrected chi connectivity index (χ1v) is 6.36. The lowest BCUT2D eigenvalue weighted by Crippen LogP contribution is -2.37. The van der Waals surface area contributed by atoms with Gasteiger partial charge >= 0.3 is 6.03 Å². The first-order chi connectivity index (χ1) is 9.15. The van der Waals surface area contributed by atoms with Gasteiger partial charge in [-0.15, -0.1) is 0 Å². The van der Waals surface area contributed by atoms with Crippen LogP contribution < -0.4 is 5.32 Å². The zero-order valence-electron chi connectivity index (χ0n) is 10.9. The number of hydrogen-bond donors (Lipinski definition) is 1. The van der Waals surface area contributed by atoms with Gasteiger partial charge in [-0.05, 0) is 25.0 Å². The van der Waals surface area contributed by atoms with Crippen LogP contribution in [-0.2, 0) is 4.74 Å². The van der Waals surface area contributed by atoms with E-state index in [2.05, 4.69) is 10.3 Å². The molecular weight excluding hydrogens is 249 g/mol. The Morgan fingerprint density at radius 3 is 3.11 bits per heavy atom. The molecule has 1 aliphatic heterocycles. The summed E-state index contributed by atoms with van der Waals surface area (Å²) in [5.74, 6) is 0.300. The molecule has 0 bridgehead atoms. The molecule has 6 heteroatoms. The lowest BCUT2D eigenvalue weighted by molar-refractivity contribution is 0.0464. The molecule has 0 spiro atoms. The monoisotopic (exact) mass is 267 g/mol. The van der Waals surface area contributed by atoms with Crippen LogP contribution in [0.25, 0.3) is 0 Å². The summed E-state index contributed by atoms with van der Waals surface area (Å²) in [6.45, 7) is 2.16. The molecule has 2 rings (SSSR count). The number of anilines is 1. The van der Waals surface area contributed by atoms with Crippen molar-refractivity contribution in [2.45, 2.75) is 12.8 Å². The zero-order valence-corrected chi connectivity index (χ0v) is 10.9. The van der Waals surface area contributed by atoms with Crippen molar-refractivity contribution in [3.63, 3.8) is 0 Å². The molecule has 0 radical (unpaired) electrons. The van der Waals surface area contributed by atoms with E-state index in [1.54, 1.807) is 11.9 Å². The molecule has 1 N–H and O–H groups in total. The Morgan fingerprint density at radius 2 is 2.47 bits per heavy atom. The minimum absolute atomic E-state index is 0.246. The van der Waals surface area contributed by atoms with E-state index in [0.29, 0.717) is 24.9 Å². The van der Waals surface area contributed by atoms with Crippen molar-refractivity contribution in [1.29, 1.82) is 0 Å². The van der Waals surface area contributed by atoms with Gasteiger partial charge in [-0.25, -0.2) is 14.2 Å². The number of amides is 2. The van der Waals surface area contributed by atoms with Crippen LogP contribution in [0.1, 0.15) is 12.8 Å². The van der Waals surface area contributed by atoms with Crippen molar-refractivity contribution in [1.82, 2.24) is 9.88 Å². The van der Waals surface area contributed by atoms with Gasteiger partial charge in [0.25, 0.3) is 0 Å². The molecule has 2 heterocycles. The number of aromatic nitrogens is 1. The Hall–Kier alpha value is -1.69. The number of rotatable bonds is 3. The molecule has 19 heavy (non-hydrogen) atoms. The fourth-order valence-electron chi connectivity index (χ4n) is 2.08. The van der Waals surface area contributed by atoms with Gasteiger partial charge < -0.3 is 9.64 Å². The molecule has 1 aromatic rings. The molecule has 1 fully saturated rings. The van der Waals surface area contributed by atoms with Gasteiger partial charge in [-0.3, -0.25) is 5.32 Å². The fraction of sp³-hybridized carbons (Fsp3) is 0.538. The van der Waals surface area contributed by atoms with E-state index >= 15 is 0 Å². The average molecular weight is 267 g/mol. The van der Waals surface area contributed by atoms with Gasteiger partial charge in [0.15, 0.2) is 0 Å². The summed E-state index contributed by atoms with van der Waals surface area (Å²) in [5.41, 5.74) is 0. The van der Waals surface area contributed by atoms with E-state index in [1.807, 2.05) is 0 Å². The lowest BCUT2D eigenvalue weighted by atomic mass is 10.0. The molecule has 1 atom stereocenters. The van der Waals surface area contributed by atoms with Crippen molar-refractivity contribution in [3.8, 4) is 0 Å². The zero-order chi connectivity index (χ0) is 13.7. The van der Waals surface area contributed by atoms with Crippen LogP contribution in [0.3, 0.4) is 0 Å². The number of nitrogens with zero attached hydrogens (tertiary/aromatic N) is 2. The van der Waals surface area contributed by atoms with Gasteiger partial charge in [-0.2, -0.15) is 0 Å². The lowest BCUT2D eigenvalue weighted by Gasteiger charge is -2.27. The minimum atomic E-state index is -0.425. The van der Waals surface area contributed by atoms with Crippen molar-refractivity contribution in [3.05, 3.63) is 24.1 Å². The van der Waals surface area contributed by atoms with Crippen LogP contribution in [0.2, 0.25) is 0 Å². The highest BCUT2D eigenvalue weighted by atomic mass is 19.1. The number of ether oxygens (including phenoxy) is 1. The maximum atomic E-state index is 12.7. The quantitative estimate of drug-likeness (QED) is 0.912. The molecule has 2 amide bonds. The van der Waals surface area contributed by atoms with E-state index in [9.17, 15) is 9.18 Å². The topological polar surface area (TPSA) is 54.5 Å². The normalized spacial score (nSPS) is 18.9. The van der Waals surface area contributed by atoms with Crippen LogP contribution in [-0.4, -0.2) is 42.7 Å². The molecule has 0 saturated carbocycles. The second-order valence-electron chi connectivity index (χ2n) is 4.76. The molecule has 5 nitrogen and oxygen atoms in total. The largest absolute Gasteiger partial charge is 0.381 e. The highest BCUT2D eigenvalue weighted by molar-refractivity contribution is 5.88. The van der Waals surface area contributed by atoms with Gasteiger partial charge in [0.05, 0.1) is 12.8 Å². The second kappa shape index (κ2) is 6.47. The van der Waals surface area contributed by atoms with E-state index in [1.165, 1.54) is 12.1 Å². The maximum absolute atomic E-state index is 12.7. The van der Waals surface area contributed by atoms with E-state index in [4.69, 9.17) is 4.74 Å². The molecule has 0 unspecified atom stereocenters. The van der Waals surface area contributed by atoms with Crippen molar-refractivity contribution >= 4 is 11.8 Å². The Bertz CT molecular complexity index is 418. The second-order valence-corrected chi connectivity index (χ2v) is 4.76. The smallest absolute Gasteiger partial charge is 0.322 e. The predicted octanol–water partition coefficient (Wildman–Crippen LogP) is 2.11. The number of pyridine rings is 1. The van der Waals surface area contributed by atoms with E-state index in [0.717, 1.165) is 25.6 Å². The van der Waals surface area contributed by atoms with Crippen molar-refractivity contribution in [2.24, 2.45) is 5.92 Å². The average Bonchev–Trinajstić information content (AvgIpc) is 2.42. The van der Waals surface area contributed by atoms with Crippen LogP contribution in [0.4, 0.5) is 15.0 Å². The minimum Gasteiger partial charge on any atom is -0.381 e. The Kier molecular flexibility index (Phi) is 4.68. The molecule has 1 aromatic heterocycles. The molecule has 104 valence electrons. The van der Waals surface area contributed by atoms with E-state index < -0.39 is 5.82 Å². The summed E-state index contributed by atoms with van der Waals surface area (Å²) < 4.78 is 18.1. The van der Waals surface area contributed by atoms with Crippen LogP contribution in [0.15, 0.2) is 18.3 Å². The number of carbonyl (C=O) groups is 1. The van der Waals surface area contributed by atoms with Crippen molar-refractivity contribution < 1.29 is 13.9 Å². The van der Waals surface area contributed by atoms with Gasteiger partial charge in [0, 0.05) is 26.1 Å². The molecule has 1 saturated heterocycles. The first kappa shape index (κ1) is 13.7. The Balaban J connectivity index is 1.83. The summed E-state index contributed by atoms with van der Waals surface area (Å²) in [7, 11) is 1.73. The van der Waals surface area contributed by atoms with Gasteiger partial charge in [0.1, 0.15) is 11.6 Å². The SMILES string of the molecule is CN(C[C@@H]1CCCOC1)C(=O)Nc1ccc(F)cn1. The number of urea groups is 1.